The van der Waals surface area contributed by atoms with E-state index in [4.69, 9.17) is 4.74 Å². The van der Waals surface area contributed by atoms with E-state index in [1.165, 1.54) is 11.0 Å². The van der Waals surface area contributed by atoms with Gasteiger partial charge in [-0.05, 0) is 13.0 Å². The van der Waals surface area contributed by atoms with Crippen molar-refractivity contribution >= 4 is 11.9 Å². The Morgan fingerprint density at radius 1 is 1.24 bits per heavy atom. The number of nitrogens with one attached hydrogen (secondary N) is 2. The van der Waals surface area contributed by atoms with Crippen LogP contribution in [-0.4, -0.2) is 56.7 Å². The third-order valence-corrected chi connectivity index (χ3v) is 3.02. The number of rotatable bonds is 7. The predicted molar refractivity (Wildman–Crippen MR) is 89.5 cm³/mol. The van der Waals surface area contributed by atoms with Crippen LogP contribution in [-0.2, 0) is 11.3 Å². The highest BCUT2D eigenvalue weighted by Gasteiger charge is 2.28. The second-order valence-corrected chi connectivity index (χ2v) is 5.35. The Bertz CT molecular complexity index is 589. The van der Waals surface area contributed by atoms with Crippen molar-refractivity contribution in [3.8, 4) is 5.75 Å². The Kier molecular flexibility index (Phi) is 8.03. The average molecular weight is 360 g/mol. The van der Waals surface area contributed by atoms with E-state index >= 15 is 0 Å². The van der Waals surface area contributed by atoms with Crippen LogP contribution in [0.15, 0.2) is 29.3 Å². The van der Waals surface area contributed by atoms with Crippen molar-refractivity contribution in [3.63, 3.8) is 0 Å². The Morgan fingerprint density at radius 2 is 1.92 bits per heavy atom. The molecule has 2 N–H and O–H groups in total. The average Bonchev–Trinajstić information content (AvgIpc) is 2.55. The van der Waals surface area contributed by atoms with E-state index in [-0.39, 0.29) is 24.7 Å². The molecular weight excluding hydrogens is 337 g/mol. The van der Waals surface area contributed by atoms with Crippen LogP contribution < -0.4 is 15.4 Å². The number of amides is 1. The highest BCUT2D eigenvalue weighted by molar-refractivity contribution is 5.86. The molecule has 0 aliphatic heterocycles. The third kappa shape index (κ3) is 8.27. The number of para-hydroxylation sites is 1. The van der Waals surface area contributed by atoms with Gasteiger partial charge in [0.15, 0.2) is 12.6 Å². The third-order valence-electron chi connectivity index (χ3n) is 3.02. The number of hydrogen-bond donors (Lipinski definition) is 2. The lowest BCUT2D eigenvalue weighted by molar-refractivity contribution is -0.153. The first-order valence-electron chi connectivity index (χ1n) is 7.72. The quantitative estimate of drug-likeness (QED) is 0.575. The van der Waals surface area contributed by atoms with Crippen LogP contribution in [0.5, 0.6) is 5.75 Å². The molecular formula is C16H23F3N4O2. The molecule has 0 heterocycles. The fourth-order valence-corrected chi connectivity index (χ4v) is 1.76. The highest BCUT2D eigenvalue weighted by Crippen LogP contribution is 2.22. The zero-order valence-corrected chi connectivity index (χ0v) is 14.5. The summed E-state index contributed by atoms with van der Waals surface area (Å²) in [7, 11) is 3.28. The summed E-state index contributed by atoms with van der Waals surface area (Å²) in [5.74, 6) is 0.395. The van der Waals surface area contributed by atoms with Gasteiger partial charge in [0.05, 0.1) is 13.1 Å². The molecule has 0 atom stereocenters. The van der Waals surface area contributed by atoms with Gasteiger partial charge in [-0.15, -0.1) is 0 Å². The summed E-state index contributed by atoms with van der Waals surface area (Å²) >= 11 is 0. The van der Waals surface area contributed by atoms with E-state index in [9.17, 15) is 18.0 Å². The van der Waals surface area contributed by atoms with Gasteiger partial charge in [-0.3, -0.25) is 4.79 Å². The fourth-order valence-electron chi connectivity index (χ4n) is 1.76. The summed E-state index contributed by atoms with van der Waals surface area (Å²) in [5, 5.41) is 5.84. The van der Waals surface area contributed by atoms with E-state index in [1.807, 2.05) is 6.92 Å². The van der Waals surface area contributed by atoms with Crippen molar-refractivity contribution in [1.82, 2.24) is 15.5 Å². The lowest BCUT2D eigenvalue weighted by Crippen LogP contribution is -2.42. The maximum Gasteiger partial charge on any atom is 0.422 e. The molecule has 0 aliphatic rings. The van der Waals surface area contributed by atoms with Gasteiger partial charge in [-0.1, -0.05) is 18.2 Å². The number of benzene rings is 1. The van der Waals surface area contributed by atoms with Crippen LogP contribution in [0.4, 0.5) is 13.2 Å². The lowest BCUT2D eigenvalue weighted by Gasteiger charge is -2.15. The molecule has 6 nitrogen and oxygen atoms in total. The number of nitrogens with zero attached hydrogens (tertiary/aromatic N) is 2. The fraction of sp³-hybridized carbons (Fsp3) is 0.500. The van der Waals surface area contributed by atoms with Gasteiger partial charge in [0.25, 0.3) is 0 Å². The van der Waals surface area contributed by atoms with Gasteiger partial charge < -0.3 is 20.3 Å². The number of guanidine groups is 1. The minimum absolute atomic E-state index is 0.0606. The van der Waals surface area contributed by atoms with Crippen LogP contribution in [0, 0.1) is 0 Å². The number of aliphatic imine (C=N–C) groups is 1. The number of ether oxygens (including phenoxy) is 1. The highest BCUT2D eigenvalue weighted by atomic mass is 19.4. The number of carbonyl (C=O) groups is 1. The summed E-state index contributed by atoms with van der Waals surface area (Å²) in [4.78, 5) is 17.3. The molecule has 1 aromatic carbocycles. The SMILES string of the molecule is CCNC(=NCc1ccccc1OCC(F)(F)F)NCC(=O)N(C)C. The van der Waals surface area contributed by atoms with Gasteiger partial charge in [0.2, 0.25) is 5.91 Å². The summed E-state index contributed by atoms with van der Waals surface area (Å²) in [5.41, 5.74) is 0.517. The minimum atomic E-state index is -4.40. The molecule has 140 valence electrons. The van der Waals surface area contributed by atoms with Crippen LogP contribution in [0.3, 0.4) is 0 Å². The number of alkyl halides is 3. The predicted octanol–water partition coefficient (Wildman–Crippen LogP) is 1.77. The van der Waals surface area contributed by atoms with Crippen molar-refractivity contribution in [2.75, 3.05) is 33.8 Å². The van der Waals surface area contributed by atoms with Crippen molar-refractivity contribution in [3.05, 3.63) is 29.8 Å². The zero-order chi connectivity index (χ0) is 18.9. The standard InChI is InChI=1S/C16H23F3N4O2/c1-4-20-15(22-10-14(24)23(2)3)21-9-12-7-5-6-8-13(12)25-11-16(17,18)19/h5-8H,4,9-11H2,1-3H3,(H2,20,21,22). The molecule has 0 saturated heterocycles. The maximum atomic E-state index is 12.3. The molecule has 1 amide bonds. The molecule has 9 heteroatoms. The van der Waals surface area contributed by atoms with E-state index in [1.54, 1.807) is 32.3 Å². The van der Waals surface area contributed by atoms with Crippen LogP contribution in [0.25, 0.3) is 0 Å². The Hall–Kier alpha value is -2.45. The summed E-state index contributed by atoms with van der Waals surface area (Å²) < 4.78 is 41.8. The van der Waals surface area contributed by atoms with E-state index in [0.29, 0.717) is 18.1 Å². The first-order chi connectivity index (χ1) is 11.7. The van der Waals surface area contributed by atoms with Crippen molar-refractivity contribution in [2.45, 2.75) is 19.6 Å². The van der Waals surface area contributed by atoms with E-state index in [0.717, 1.165) is 0 Å². The van der Waals surface area contributed by atoms with Gasteiger partial charge in [0, 0.05) is 26.2 Å². The van der Waals surface area contributed by atoms with Crippen molar-refractivity contribution in [1.29, 1.82) is 0 Å². The normalized spacial score (nSPS) is 11.8. The first kappa shape index (κ1) is 20.6. The van der Waals surface area contributed by atoms with Gasteiger partial charge in [0.1, 0.15) is 5.75 Å². The second kappa shape index (κ2) is 9.75. The van der Waals surface area contributed by atoms with Crippen LogP contribution in [0.1, 0.15) is 12.5 Å². The number of halogens is 3. The summed E-state index contributed by atoms with van der Waals surface area (Å²) in [6, 6.07) is 6.40. The molecule has 0 saturated carbocycles. The Balaban J connectivity index is 2.76. The number of carbonyl (C=O) groups excluding carboxylic acids is 1. The maximum absolute atomic E-state index is 12.3. The largest absolute Gasteiger partial charge is 0.484 e. The molecule has 0 radical (unpaired) electrons. The van der Waals surface area contributed by atoms with Crippen molar-refractivity contribution < 1.29 is 22.7 Å². The topological polar surface area (TPSA) is 66.0 Å². The van der Waals surface area contributed by atoms with E-state index < -0.39 is 12.8 Å². The number of hydrogen-bond acceptors (Lipinski definition) is 3. The zero-order valence-electron chi connectivity index (χ0n) is 14.5. The molecule has 0 bridgehead atoms. The molecule has 0 aromatic heterocycles. The molecule has 0 aliphatic carbocycles. The first-order valence-corrected chi connectivity index (χ1v) is 7.72. The Labute approximate surface area is 145 Å². The molecule has 1 aromatic rings. The Morgan fingerprint density at radius 3 is 2.52 bits per heavy atom. The molecule has 1 rings (SSSR count). The monoisotopic (exact) mass is 360 g/mol. The molecule has 25 heavy (non-hydrogen) atoms. The van der Waals surface area contributed by atoms with Crippen LogP contribution >= 0.6 is 0 Å². The van der Waals surface area contributed by atoms with Crippen molar-refractivity contribution in [2.24, 2.45) is 4.99 Å². The van der Waals surface area contributed by atoms with Gasteiger partial charge in [-0.25, -0.2) is 4.99 Å². The number of likely N-dealkylation sites (N-methyl/N-ethyl adjacent to an activating group) is 1. The van der Waals surface area contributed by atoms with Gasteiger partial charge >= 0.3 is 6.18 Å². The molecule has 0 unspecified atom stereocenters. The molecule has 0 fully saturated rings. The van der Waals surface area contributed by atoms with Crippen LogP contribution in [0.2, 0.25) is 0 Å². The summed E-state index contributed by atoms with van der Waals surface area (Å²) in [6.07, 6.45) is -4.40. The second-order valence-electron chi connectivity index (χ2n) is 5.35. The summed E-state index contributed by atoms with van der Waals surface area (Å²) in [6.45, 7) is 1.26. The smallest absolute Gasteiger partial charge is 0.422 e. The molecule has 0 spiro atoms. The minimum Gasteiger partial charge on any atom is -0.484 e. The van der Waals surface area contributed by atoms with E-state index in [2.05, 4.69) is 15.6 Å². The lowest BCUT2D eigenvalue weighted by atomic mass is 10.2. The van der Waals surface area contributed by atoms with Gasteiger partial charge in [-0.2, -0.15) is 13.2 Å².